The summed E-state index contributed by atoms with van der Waals surface area (Å²) in [5.41, 5.74) is 6.42. The number of hydrogen-bond acceptors (Lipinski definition) is 4. The molecule has 1 fully saturated rings. The first-order valence-corrected chi connectivity index (χ1v) is 9.22. The molecule has 20 heavy (non-hydrogen) atoms. The van der Waals surface area contributed by atoms with Gasteiger partial charge in [-0.3, -0.25) is 0 Å². The highest BCUT2D eigenvalue weighted by atomic mass is 32.2. The van der Waals surface area contributed by atoms with E-state index >= 15 is 0 Å². The first-order chi connectivity index (χ1) is 8.99. The lowest BCUT2D eigenvalue weighted by Crippen LogP contribution is -2.45. The molecule has 0 bridgehead atoms. The molecule has 2 rings (SSSR count). The standard InChI is InChI=1S/C14H24N2O2S2/c1-13(2)6-11(7-14(3,4)9-13)16-20(17,18)12-5-10(15)8-19-12/h5,8,11,16H,6-7,9,15H2,1-4H3. The molecule has 1 aliphatic rings. The van der Waals surface area contributed by atoms with Crippen molar-refractivity contribution >= 4 is 27.0 Å². The van der Waals surface area contributed by atoms with Gasteiger partial charge in [-0.05, 0) is 36.2 Å². The summed E-state index contributed by atoms with van der Waals surface area (Å²) in [6.07, 6.45) is 2.86. The molecule has 114 valence electrons. The molecular weight excluding hydrogens is 292 g/mol. The Morgan fingerprint density at radius 2 is 1.80 bits per heavy atom. The van der Waals surface area contributed by atoms with Crippen LogP contribution in [0.2, 0.25) is 0 Å². The average Bonchev–Trinajstić information content (AvgIpc) is 2.59. The summed E-state index contributed by atoms with van der Waals surface area (Å²) in [6, 6.07) is 1.51. The van der Waals surface area contributed by atoms with E-state index in [1.54, 1.807) is 5.38 Å². The van der Waals surface area contributed by atoms with Crippen molar-refractivity contribution in [3.05, 3.63) is 11.4 Å². The molecule has 0 saturated heterocycles. The summed E-state index contributed by atoms with van der Waals surface area (Å²) in [7, 11) is -3.45. The molecular formula is C14H24N2O2S2. The largest absolute Gasteiger partial charge is 0.398 e. The summed E-state index contributed by atoms with van der Waals surface area (Å²) < 4.78 is 27.9. The average molecular weight is 316 g/mol. The second kappa shape index (κ2) is 5.00. The maximum atomic E-state index is 12.4. The molecule has 6 heteroatoms. The summed E-state index contributed by atoms with van der Waals surface area (Å²) in [5.74, 6) is 0. The summed E-state index contributed by atoms with van der Waals surface area (Å²) >= 11 is 1.17. The van der Waals surface area contributed by atoms with E-state index in [0.717, 1.165) is 19.3 Å². The number of nitrogens with one attached hydrogen (secondary N) is 1. The molecule has 1 aromatic heterocycles. The van der Waals surface area contributed by atoms with Crippen molar-refractivity contribution in [3.63, 3.8) is 0 Å². The van der Waals surface area contributed by atoms with Gasteiger partial charge >= 0.3 is 0 Å². The van der Waals surface area contributed by atoms with E-state index in [0.29, 0.717) is 9.90 Å². The third-order valence-corrected chi connectivity index (χ3v) is 6.72. The molecule has 0 aliphatic heterocycles. The topological polar surface area (TPSA) is 72.2 Å². The third-order valence-electron chi connectivity index (χ3n) is 3.74. The van der Waals surface area contributed by atoms with Crippen molar-refractivity contribution in [2.75, 3.05) is 5.73 Å². The van der Waals surface area contributed by atoms with Crippen LogP contribution in [0.1, 0.15) is 47.0 Å². The third kappa shape index (κ3) is 3.74. The van der Waals surface area contributed by atoms with E-state index in [4.69, 9.17) is 5.73 Å². The molecule has 0 atom stereocenters. The highest BCUT2D eigenvalue weighted by Gasteiger charge is 2.39. The monoisotopic (exact) mass is 316 g/mol. The fourth-order valence-corrected chi connectivity index (χ4v) is 6.01. The Balaban J connectivity index is 2.17. The summed E-state index contributed by atoms with van der Waals surface area (Å²) in [5, 5.41) is 1.66. The van der Waals surface area contributed by atoms with Crippen molar-refractivity contribution in [2.45, 2.75) is 57.2 Å². The normalized spacial score (nSPS) is 22.8. The number of thiophene rings is 1. The predicted molar refractivity (Wildman–Crippen MR) is 84.3 cm³/mol. The van der Waals surface area contributed by atoms with E-state index in [1.165, 1.54) is 17.4 Å². The van der Waals surface area contributed by atoms with Crippen LogP contribution in [0.25, 0.3) is 0 Å². The van der Waals surface area contributed by atoms with Crippen LogP contribution >= 0.6 is 11.3 Å². The van der Waals surface area contributed by atoms with E-state index in [-0.39, 0.29) is 16.9 Å². The van der Waals surface area contributed by atoms with Crippen LogP contribution in [0.5, 0.6) is 0 Å². The fraction of sp³-hybridized carbons (Fsp3) is 0.714. The molecule has 1 aliphatic carbocycles. The van der Waals surface area contributed by atoms with Gasteiger partial charge in [0.1, 0.15) is 4.21 Å². The van der Waals surface area contributed by atoms with Gasteiger partial charge in [-0.1, -0.05) is 27.7 Å². The number of hydrogen-bond donors (Lipinski definition) is 2. The molecule has 0 spiro atoms. The van der Waals surface area contributed by atoms with Gasteiger partial charge in [0.15, 0.2) is 0 Å². The number of nitrogens with two attached hydrogens (primary N) is 1. The van der Waals surface area contributed by atoms with Gasteiger partial charge in [0.05, 0.1) is 0 Å². The number of nitrogen functional groups attached to an aromatic ring is 1. The molecule has 1 saturated carbocycles. The molecule has 4 nitrogen and oxygen atoms in total. The lowest BCUT2D eigenvalue weighted by molar-refractivity contribution is 0.0934. The van der Waals surface area contributed by atoms with Gasteiger partial charge in [-0.25, -0.2) is 13.1 Å². The lowest BCUT2D eigenvalue weighted by atomic mass is 9.64. The Labute approximate surface area is 125 Å². The second-order valence-electron chi connectivity index (χ2n) is 7.43. The predicted octanol–water partition coefficient (Wildman–Crippen LogP) is 3.21. The molecule has 0 aromatic carbocycles. The van der Waals surface area contributed by atoms with Crippen LogP contribution in [0.3, 0.4) is 0 Å². The Hall–Kier alpha value is -0.590. The van der Waals surface area contributed by atoms with E-state index in [1.807, 2.05) is 0 Å². The Morgan fingerprint density at radius 3 is 2.25 bits per heavy atom. The second-order valence-corrected chi connectivity index (χ2v) is 10.3. The number of anilines is 1. The molecule has 0 amide bonds. The lowest BCUT2D eigenvalue weighted by Gasteiger charge is -2.44. The van der Waals surface area contributed by atoms with Crippen LogP contribution in [0, 0.1) is 10.8 Å². The van der Waals surface area contributed by atoms with Gasteiger partial charge < -0.3 is 5.73 Å². The summed E-state index contributed by atoms with van der Waals surface area (Å²) in [6.45, 7) is 8.83. The zero-order chi connectivity index (χ0) is 15.2. The molecule has 0 unspecified atom stereocenters. The minimum atomic E-state index is -3.45. The molecule has 1 aromatic rings. The van der Waals surface area contributed by atoms with E-state index in [2.05, 4.69) is 32.4 Å². The molecule has 3 N–H and O–H groups in total. The van der Waals surface area contributed by atoms with Crippen molar-refractivity contribution in [3.8, 4) is 0 Å². The van der Waals surface area contributed by atoms with Crippen LogP contribution in [-0.4, -0.2) is 14.5 Å². The van der Waals surface area contributed by atoms with Gasteiger partial charge in [0.25, 0.3) is 0 Å². The number of sulfonamides is 1. The zero-order valence-corrected chi connectivity index (χ0v) is 14.2. The van der Waals surface area contributed by atoms with Gasteiger partial charge in [0.2, 0.25) is 10.0 Å². The SMILES string of the molecule is CC1(C)CC(NS(=O)(=O)c2cc(N)cs2)CC(C)(C)C1. The van der Waals surface area contributed by atoms with Crippen LogP contribution in [0.4, 0.5) is 5.69 Å². The maximum absolute atomic E-state index is 12.4. The highest BCUT2D eigenvalue weighted by molar-refractivity contribution is 7.91. The van der Waals surface area contributed by atoms with Gasteiger partial charge in [-0.2, -0.15) is 0 Å². The van der Waals surface area contributed by atoms with E-state index < -0.39 is 10.0 Å². The maximum Gasteiger partial charge on any atom is 0.250 e. The minimum absolute atomic E-state index is 0.0120. The minimum Gasteiger partial charge on any atom is -0.398 e. The van der Waals surface area contributed by atoms with Crippen LogP contribution < -0.4 is 10.5 Å². The van der Waals surface area contributed by atoms with Crippen molar-refractivity contribution < 1.29 is 8.42 Å². The number of rotatable bonds is 3. The Morgan fingerprint density at radius 1 is 1.25 bits per heavy atom. The fourth-order valence-electron chi connectivity index (χ4n) is 3.68. The van der Waals surface area contributed by atoms with Crippen molar-refractivity contribution in [1.29, 1.82) is 0 Å². The smallest absolute Gasteiger partial charge is 0.250 e. The van der Waals surface area contributed by atoms with Gasteiger partial charge in [-0.15, -0.1) is 11.3 Å². The van der Waals surface area contributed by atoms with Crippen LogP contribution in [0.15, 0.2) is 15.7 Å². The zero-order valence-electron chi connectivity index (χ0n) is 12.6. The quantitative estimate of drug-likeness (QED) is 0.899. The first-order valence-electron chi connectivity index (χ1n) is 6.86. The molecule has 0 radical (unpaired) electrons. The first kappa shape index (κ1) is 15.8. The van der Waals surface area contributed by atoms with Crippen molar-refractivity contribution in [2.24, 2.45) is 10.8 Å². The summed E-state index contributed by atoms with van der Waals surface area (Å²) in [4.78, 5) is 0. The van der Waals surface area contributed by atoms with Crippen molar-refractivity contribution in [1.82, 2.24) is 4.72 Å². The highest BCUT2D eigenvalue weighted by Crippen LogP contribution is 2.46. The Bertz CT molecular complexity index is 572. The van der Waals surface area contributed by atoms with E-state index in [9.17, 15) is 8.42 Å². The Kier molecular flexibility index (Phi) is 3.95. The van der Waals surface area contributed by atoms with Gasteiger partial charge in [0, 0.05) is 17.1 Å². The molecule has 1 heterocycles. The van der Waals surface area contributed by atoms with Crippen LogP contribution in [-0.2, 0) is 10.0 Å².